The highest BCUT2D eigenvalue weighted by Gasteiger charge is 2.10. The van der Waals surface area contributed by atoms with E-state index in [2.05, 4.69) is 14.7 Å². The predicted octanol–water partition coefficient (Wildman–Crippen LogP) is 2.88. The molecular weight excluding hydrogens is 334 g/mol. The summed E-state index contributed by atoms with van der Waals surface area (Å²) in [5.74, 6) is -0.0176. The molecule has 0 bridgehead atoms. The van der Waals surface area contributed by atoms with Crippen LogP contribution in [0.1, 0.15) is 16.7 Å². The molecule has 1 heterocycles. The van der Waals surface area contributed by atoms with E-state index in [1.807, 2.05) is 60.9 Å². The van der Waals surface area contributed by atoms with Crippen molar-refractivity contribution >= 4 is 27.1 Å². The SMILES string of the molecule is CNS(=O)(=O)Cc1ccc2[nH]cc(CCN=Cc3ccccc3)c2c1. The Kier molecular flexibility index (Phi) is 5.31. The molecule has 0 saturated heterocycles. The molecule has 0 aliphatic rings. The van der Waals surface area contributed by atoms with E-state index in [0.717, 1.165) is 34.0 Å². The van der Waals surface area contributed by atoms with Gasteiger partial charge in [-0.25, -0.2) is 13.1 Å². The minimum absolute atomic E-state index is 0.0176. The summed E-state index contributed by atoms with van der Waals surface area (Å²) in [5, 5.41) is 1.05. The van der Waals surface area contributed by atoms with Gasteiger partial charge in [0, 0.05) is 29.9 Å². The number of nitrogens with zero attached hydrogens (tertiary/aromatic N) is 1. The monoisotopic (exact) mass is 355 g/mol. The van der Waals surface area contributed by atoms with Crippen molar-refractivity contribution in [2.75, 3.05) is 13.6 Å². The van der Waals surface area contributed by atoms with Gasteiger partial charge in [0.1, 0.15) is 0 Å². The second-order valence-corrected chi connectivity index (χ2v) is 7.78. The zero-order chi connectivity index (χ0) is 17.7. The van der Waals surface area contributed by atoms with Gasteiger partial charge in [0.2, 0.25) is 10.0 Å². The topological polar surface area (TPSA) is 74.3 Å². The van der Waals surface area contributed by atoms with Crippen molar-refractivity contribution in [1.82, 2.24) is 9.71 Å². The van der Waals surface area contributed by atoms with E-state index in [4.69, 9.17) is 0 Å². The minimum atomic E-state index is -3.27. The van der Waals surface area contributed by atoms with E-state index in [-0.39, 0.29) is 5.75 Å². The van der Waals surface area contributed by atoms with Crippen LogP contribution in [0.3, 0.4) is 0 Å². The number of sulfonamides is 1. The van der Waals surface area contributed by atoms with Gasteiger partial charge in [-0.15, -0.1) is 0 Å². The maximum atomic E-state index is 11.7. The van der Waals surface area contributed by atoms with E-state index in [9.17, 15) is 8.42 Å². The van der Waals surface area contributed by atoms with Crippen molar-refractivity contribution in [2.24, 2.45) is 4.99 Å². The number of fused-ring (bicyclic) bond motifs is 1. The molecule has 0 radical (unpaired) electrons. The van der Waals surface area contributed by atoms with Crippen molar-refractivity contribution in [3.63, 3.8) is 0 Å². The number of hydrogen-bond acceptors (Lipinski definition) is 3. The molecule has 3 rings (SSSR count). The normalized spacial score (nSPS) is 12.2. The Morgan fingerprint density at radius 2 is 1.96 bits per heavy atom. The minimum Gasteiger partial charge on any atom is -0.361 e. The number of benzene rings is 2. The van der Waals surface area contributed by atoms with Crippen LogP contribution in [-0.2, 0) is 22.2 Å². The predicted molar refractivity (Wildman–Crippen MR) is 103 cm³/mol. The summed E-state index contributed by atoms with van der Waals surface area (Å²) in [6, 6.07) is 15.7. The number of aromatic nitrogens is 1. The lowest BCUT2D eigenvalue weighted by Crippen LogP contribution is -2.20. The summed E-state index contributed by atoms with van der Waals surface area (Å²) in [5.41, 5.74) is 4.01. The van der Waals surface area contributed by atoms with E-state index in [1.54, 1.807) is 0 Å². The average Bonchev–Trinajstić information content (AvgIpc) is 3.02. The quantitative estimate of drug-likeness (QED) is 0.640. The van der Waals surface area contributed by atoms with Gasteiger partial charge >= 0.3 is 0 Å². The second kappa shape index (κ2) is 7.63. The van der Waals surface area contributed by atoms with Crippen LogP contribution in [-0.4, -0.2) is 33.2 Å². The fourth-order valence-electron chi connectivity index (χ4n) is 2.71. The first-order valence-electron chi connectivity index (χ1n) is 8.12. The van der Waals surface area contributed by atoms with Gasteiger partial charge in [0.25, 0.3) is 0 Å². The van der Waals surface area contributed by atoms with Crippen LogP contribution in [0, 0.1) is 0 Å². The van der Waals surface area contributed by atoms with Crippen molar-refractivity contribution in [2.45, 2.75) is 12.2 Å². The third-order valence-corrected chi connectivity index (χ3v) is 5.39. The molecule has 2 N–H and O–H groups in total. The molecule has 3 aromatic rings. The third kappa shape index (κ3) is 4.55. The largest absolute Gasteiger partial charge is 0.361 e. The zero-order valence-electron chi connectivity index (χ0n) is 14.1. The third-order valence-electron chi connectivity index (χ3n) is 4.05. The molecule has 5 nitrogen and oxygen atoms in total. The number of hydrogen-bond donors (Lipinski definition) is 2. The fourth-order valence-corrected chi connectivity index (χ4v) is 3.47. The molecule has 1 aromatic heterocycles. The van der Waals surface area contributed by atoms with Crippen molar-refractivity contribution in [1.29, 1.82) is 0 Å². The molecule has 130 valence electrons. The van der Waals surface area contributed by atoms with Crippen molar-refractivity contribution < 1.29 is 8.42 Å². The van der Waals surface area contributed by atoms with Crippen LogP contribution in [0.2, 0.25) is 0 Å². The highest BCUT2D eigenvalue weighted by molar-refractivity contribution is 7.88. The molecule has 0 fully saturated rings. The van der Waals surface area contributed by atoms with Gasteiger partial charge in [0.15, 0.2) is 0 Å². The molecule has 0 atom stereocenters. The van der Waals surface area contributed by atoms with E-state index in [1.165, 1.54) is 7.05 Å². The molecule has 0 amide bonds. The van der Waals surface area contributed by atoms with Crippen LogP contribution in [0.4, 0.5) is 0 Å². The number of rotatable bonds is 7. The van der Waals surface area contributed by atoms with Crippen molar-refractivity contribution in [3.05, 3.63) is 71.4 Å². The van der Waals surface area contributed by atoms with Crippen LogP contribution in [0.15, 0.2) is 59.7 Å². The summed E-state index contributed by atoms with van der Waals surface area (Å²) < 4.78 is 25.8. The maximum Gasteiger partial charge on any atom is 0.215 e. The molecule has 0 aliphatic heterocycles. The Hall–Kier alpha value is -2.44. The maximum absolute atomic E-state index is 11.7. The van der Waals surface area contributed by atoms with Crippen LogP contribution in [0.5, 0.6) is 0 Å². The lowest BCUT2D eigenvalue weighted by Gasteiger charge is -2.04. The zero-order valence-corrected chi connectivity index (χ0v) is 14.9. The van der Waals surface area contributed by atoms with E-state index >= 15 is 0 Å². The molecular formula is C19H21N3O2S. The summed E-state index contributed by atoms with van der Waals surface area (Å²) >= 11 is 0. The average molecular weight is 355 g/mol. The molecule has 0 aliphatic carbocycles. The first-order chi connectivity index (χ1) is 12.1. The highest BCUT2D eigenvalue weighted by atomic mass is 32.2. The summed E-state index contributed by atoms with van der Waals surface area (Å²) in [4.78, 5) is 7.71. The Morgan fingerprint density at radius 1 is 1.16 bits per heavy atom. The fraction of sp³-hybridized carbons (Fsp3) is 0.211. The number of nitrogens with one attached hydrogen (secondary N) is 2. The first kappa shape index (κ1) is 17.4. The summed E-state index contributed by atoms with van der Waals surface area (Å²) in [6.07, 6.45) is 4.64. The molecule has 0 spiro atoms. The molecule has 0 saturated carbocycles. The number of aliphatic imine (C=N–C) groups is 1. The van der Waals surface area contributed by atoms with Gasteiger partial charge in [-0.2, -0.15) is 0 Å². The number of aromatic amines is 1. The smallest absolute Gasteiger partial charge is 0.215 e. The summed E-state index contributed by atoms with van der Waals surface area (Å²) in [6.45, 7) is 0.681. The highest BCUT2D eigenvalue weighted by Crippen LogP contribution is 2.21. The van der Waals surface area contributed by atoms with Crippen LogP contribution >= 0.6 is 0 Å². The standard InChI is InChI=1S/C19H21N3O2S/c1-20-25(23,24)14-16-7-8-19-18(11-16)17(13-22-19)9-10-21-12-15-5-3-2-4-6-15/h2-8,11-13,20,22H,9-10,14H2,1H3. The molecule has 25 heavy (non-hydrogen) atoms. The lowest BCUT2D eigenvalue weighted by molar-refractivity contribution is 0.587. The molecule has 0 unspecified atom stereocenters. The van der Waals surface area contributed by atoms with E-state index in [0.29, 0.717) is 6.54 Å². The Morgan fingerprint density at radius 3 is 2.72 bits per heavy atom. The Labute approximate surface area is 147 Å². The van der Waals surface area contributed by atoms with Crippen LogP contribution < -0.4 is 4.72 Å². The first-order valence-corrected chi connectivity index (χ1v) is 9.77. The Bertz CT molecular complexity index is 976. The Balaban J connectivity index is 1.72. The van der Waals surface area contributed by atoms with Crippen LogP contribution in [0.25, 0.3) is 10.9 Å². The van der Waals surface area contributed by atoms with E-state index < -0.39 is 10.0 Å². The van der Waals surface area contributed by atoms with Gasteiger partial charge in [0.05, 0.1) is 5.75 Å². The molecule has 2 aromatic carbocycles. The summed E-state index contributed by atoms with van der Waals surface area (Å²) in [7, 11) is -1.84. The van der Waals surface area contributed by atoms with Gasteiger partial charge < -0.3 is 4.98 Å². The number of H-pyrrole nitrogens is 1. The van der Waals surface area contributed by atoms with Gasteiger partial charge in [-0.1, -0.05) is 36.4 Å². The second-order valence-electron chi connectivity index (χ2n) is 5.85. The van der Waals surface area contributed by atoms with Gasteiger partial charge in [-0.05, 0) is 42.3 Å². The lowest BCUT2D eigenvalue weighted by atomic mass is 10.1. The van der Waals surface area contributed by atoms with Crippen molar-refractivity contribution in [3.8, 4) is 0 Å². The van der Waals surface area contributed by atoms with Gasteiger partial charge in [-0.3, -0.25) is 4.99 Å². The molecule has 6 heteroatoms.